The summed E-state index contributed by atoms with van der Waals surface area (Å²) < 4.78 is 39.8. The van der Waals surface area contributed by atoms with Crippen molar-refractivity contribution < 1.29 is 22.7 Å². The van der Waals surface area contributed by atoms with Gasteiger partial charge in [0.2, 0.25) is 15.9 Å². The van der Waals surface area contributed by atoms with Crippen LogP contribution in [0.25, 0.3) is 0 Å². The summed E-state index contributed by atoms with van der Waals surface area (Å²) >= 11 is 0. The van der Waals surface area contributed by atoms with Gasteiger partial charge in [0.1, 0.15) is 11.5 Å². The quantitative estimate of drug-likeness (QED) is 0.565. The van der Waals surface area contributed by atoms with Gasteiger partial charge in [0.15, 0.2) is 0 Å². The number of hydrogen-bond acceptors (Lipinski definition) is 5. The molecule has 184 valence electrons. The summed E-state index contributed by atoms with van der Waals surface area (Å²) in [6.45, 7) is 2.54. The molecule has 2 heterocycles. The van der Waals surface area contributed by atoms with Gasteiger partial charge in [-0.15, -0.1) is 0 Å². The van der Waals surface area contributed by atoms with E-state index < -0.39 is 15.4 Å². The lowest BCUT2D eigenvalue weighted by Crippen LogP contribution is -2.51. The molecule has 4 rings (SSSR count). The summed E-state index contributed by atoms with van der Waals surface area (Å²) in [7, 11) is -2.15. The summed E-state index contributed by atoms with van der Waals surface area (Å²) in [5, 5.41) is 0. The number of methoxy groups -OCH3 is 1. The number of rotatable bonds is 8. The molecule has 0 radical (unpaired) electrons. The second kappa shape index (κ2) is 10.8. The third-order valence-electron chi connectivity index (χ3n) is 6.85. The average molecular weight is 487 g/mol. The molecule has 0 aliphatic carbocycles. The SMILES string of the molecule is COc1ccc(S(=O)(=O)N2CCC[C@](COc3ccccc3)(CC(=O)N3CCCCC3)C2)cc1. The number of sulfonamides is 1. The van der Waals surface area contributed by atoms with Crippen LogP contribution in [0.1, 0.15) is 38.5 Å². The van der Waals surface area contributed by atoms with E-state index >= 15 is 0 Å². The maximum Gasteiger partial charge on any atom is 0.243 e. The molecule has 2 aliphatic rings. The minimum atomic E-state index is -3.70. The van der Waals surface area contributed by atoms with Crippen LogP contribution < -0.4 is 9.47 Å². The fourth-order valence-corrected chi connectivity index (χ4v) is 6.50. The van der Waals surface area contributed by atoms with Gasteiger partial charge in [-0.25, -0.2) is 8.42 Å². The molecule has 7 nitrogen and oxygen atoms in total. The number of carbonyl (C=O) groups is 1. The van der Waals surface area contributed by atoms with Crippen LogP contribution in [0, 0.1) is 5.41 Å². The molecule has 2 saturated heterocycles. The first kappa shape index (κ1) is 24.5. The molecular formula is C26H34N2O5S. The van der Waals surface area contributed by atoms with Crippen LogP contribution in [0.3, 0.4) is 0 Å². The van der Waals surface area contributed by atoms with Crippen LogP contribution in [-0.2, 0) is 14.8 Å². The summed E-state index contributed by atoms with van der Waals surface area (Å²) in [6, 6.07) is 16.0. The standard InChI is InChI=1S/C26H34N2O5S/c1-32-22-11-13-24(14-12-22)34(30,31)28-18-8-15-26(20-28,21-33-23-9-4-2-5-10-23)19-25(29)27-16-6-3-7-17-27/h2,4-5,9-14H,3,6-8,15-21H2,1H3/t26-/m0/s1. The number of likely N-dealkylation sites (tertiary alicyclic amines) is 1. The van der Waals surface area contributed by atoms with Crippen LogP contribution in [0.5, 0.6) is 11.5 Å². The lowest BCUT2D eigenvalue weighted by atomic mass is 9.78. The monoisotopic (exact) mass is 486 g/mol. The molecule has 2 aliphatic heterocycles. The number of nitrogens with zero attached hydrogens (tertiary/aromatic N) is 2. The minimum Gasteiger partial charge on any atom is -0.497 e. The van der Waals surface area contributed by atoms with Crippen molar-refractivity contribution in [3.63, 3.8) is 0 Å². The van der Waals surface area contributed by atoms with Gasteiger partial charge in [-0.1, -0.05) is 18.2 Å². The summed E-state index contributed by atoms with van der Waals surface area (Å²) in [5.41, 5.74) is -0.581. The number of para-hydroxylation sites is 1. The third-order valence-corrected chi connectivity index (χ3v) is 8.71. The van der Waals surface area contributed by atoms with Crippen molar-refractivity contribution >= 4 is 15.9 Å². The molecule has 0 saturated carbocycles. The van der Waals surface area contributed by atoms with E-state index in [0.717, 1.165) is 44.5 Å². The number of ether oxygens (including phenoxy) is 2. The smallest absolute Gasteiger partial charge is 0.243 e. The Morgan fingerprint density at radius 1 is 0.912 bits per heavy atom. The summed E-state index contributed by atoms with van der Waals surface area (Å²) in [5.74, 6) is 1.43. The van der Waals surface area contributed by atoms with Crippen molar-refractivity contribution in [1.29, 1.82) is 0 Å². The highest BCUT2D eigenvalue weighted by molar-refractivity contribution is 7.89. The van der Waals surface area contributed by atoms with E-state index in [9.17, 15) is 13.2 Å². The van der Waals surface area contributed by atoms with E-state index in [-0.39, 0.29) is 23.8 Å². The Morgan fingerprint density at radius 3 is 2.29 bits per heavy atom. The third kappa shape index (κ3) is 5.73. The van der Waals surface area contributed by atoms with Crippen LogP contribution >= 0.6 is 0 Å². The van der Waals surface area contributed by atoms with Crippen molar-refractivity contribution in [2.45, 2.75) is 43.4 Å². The van der Waals surface area contributed by atoms with E-state index in [1.54, 1.807) is 31.4 Å². The minimum absolute atomic E-state index is 0.0973. The molecular weight excluding hydrogens is 452 g/mol. The van der Waals surface area contributed by atoms with Gasteiger partial charge in [0, 0.05) is 38.0 Å². The molecule has 1 atom stereocenters. The fourth-order valence-electron chi connectivity index (χ4n) is 4.91. The second-order valence-electron chi connectivity index (χ2n) is 9.34. The molecule has 0 N–H and O–H groups in total. The van der Waals surface area contributed by atoms with Gasteiger partial charge < -0.3 is 14.4 Å². The zero-order valence-electron chi connectivity index (χ0n) is 19.8. The van der Waals surface area contributed by atoms with Gasteiger partial charge in [0.25, 0.3) is 0 Å². The van der Waals surface area contributed by atoms with Crippen LogP contribution in [-0.4, -0.2) is 63.4 Å². The maximum absolute atomic E-state index is 13.5. The second-order valence-corrected chi connectivity index (χ2v) is 11.3. The highest BCUT2D eigenvalue weighted by Crippen LogP contribution is 2.37. The zero-order valence-corrected chi connectivity index (χ0v) is 20.6. The molecule has 0 unspecified atom stereocenters. The molecule has 2 fully saturated rings. The van der Waals surface area contributed by atoms with Gasteiger partial charge in [-0.05, 0) is 68.5 Å². The van der Waals surface area contributed by atoms with Crippen molar-refractivity contribution in [2.75, 3.05) is 39.9 Å². The molecule has 0 spiro atoms. The molecule has 2 aromatic carbocycles. The molecule has 2 aromatic rings. The lowest BCUT2D eigenvalue weighted by molar-refractivity contribution is -0.136. The van der Waals surface area contributed by atoms with Crippen molar-refractivity contribution in [3.05, 3.63) is 54.6 Å². The number of amides is 1. The molecule has 1 amide bonds. The average Bonchev–Trinajstić information content (AvgIpc) is 2.89. The number of hydrogen-bond donors (Lipinski definition) is 0. The Kier molecular flexibility index (Phi) is 7.78. The van der Waals surface area contributed by atoms with Gasteiger partial charge >= 0.3 is 0 Å². The predicted octanol–water partition coefficient (Wildman–Crippen LogP) is 3.95. The van der Waals surface area contributed by atoms with E-state index in [1.165, 1.54) is 4.31 Å². The maximum atomic E-state index is 13.5. The van der Waals surface area contributed by atoms with Gasteiger partial charge in [0.05, 0.1) is 18.6 Å². The van der Waals surface area contributed by atoms with E-state index in [0.29, 0.717) is 25.3 Å². The van der Waals surface area contributed by atoms with Crippen molar-refractivity contribution in [3.8, 4) is 11.5 Å². The molecule has 34 heavy (non-hydrogen) atoms. The number of benzene rings is 2. The predicted molar refractivity (Wildman–Crippen MR) is 130 cm³/mol. The lowest BCUT2D eigenvalue weighted by Gasteiger charge is -2.42. The van der Waals surface area contributed by atoms with Gasteiger partial charge in [-0.2, -0.15) is 4.31 Å². The Morgan fingerprint density at radius 2 is 1.62 bits per heavy atom. The highest BCUT2D eigenvalue weighted by atomic mass is 32.2. The van der Waals surface area contributed by atoms with E-state index in [1.807, 2.05) is 35.2 Å². The van der Waals surface area contributed by atoms with E-state index in [2.05, 4.69) is 0 Å². The Balaban J connectivity index is 1.56. The highest BCUT2D eigenvalue weighted by Gasteiger charge is 2.43. The molecule has 0 bridgehead atoms. The molecule has 0 aromatic heterocycles. The van der Waals surface area contributed by atoms with E-state index in [4.69, 9.17) is 9.47 Å². The Labute approximate surface area is 202 Å². The first-order valence-corrected chi connectivity index (χ1v) is 13.5. The first-order valence-electron chi connectivity index (χ1n) is 12.0. The summed E-state index contributed by atoms with van der Waals surface area (Å²) in [6.07, 6.45) is 4.91. The van der Waals surface area contributed by atoms with Crippen LogP contribution in [0.2, 0.25) is 0 Å². The normalized spacial score (nSPS) is 21.7. The van der Waals surface area contributed by atoms with Crippen molar-refractivity contribution in [2.24, 2.45) is 5.41 Å². The zero-order chi connectivity index (χ0) is 24.0. The fraction of sp³-hybridized carbons (Fsp3) is 0.500. The van der Waals surface area contributed by atoms with Crippen molar-refractivity contribution in [1.82, 2.24) is 9.21 Å². The Bertz CT molecular complexity index is 1050. The van der Waals surface area contributed by atoms with Crippen LogP contribution in [0.4, 0.5) is 0 Å². The largest absolute Gasteiger partial charge is 0.497 e. The first-order chi connectivity index (χ1) is 16.4. The number of carbonyl (C=O) groups excluding carboxylic acids is 1. The van der Waals surface area contributed by atoms with Crippen LogP contribution in [0.15, 0.2) is 59.5 Å². The number of piperidine rings is 2. The molecule has 8 heteroatoms. The Hall–Kier alpha value is -2.58. The van der Waals surface area contributed by atoms with Gasteiger partial charge in [-0.3, -0.25) is 4.79 Å². The summed E-state index contributed by atoms with van der Waals surface area (Å²) in [4.78, 5) is 15.4. The topological polar surface area (TPSA) is 76.1 Å².